The summed E-state index contributed by atoms with van der Waals surface area (Å²) in [4.78, 5) is 27.3. The summed E-state index contributed by atoms with van der Waals surface area (Å²) in [5.74, 6) is -2.11. The fraction of sp³-hybridized carbons (Fsp3) is 0.243. The van der Waals surface area contributed by atoms with E-state index in [9.17, 15) is 35.6 Å². The molecule has 262 valence electrons. The van der Waals surface area contributed by atoms with Crippen LogP contribution >= 0.6 is 0 Å². The van der Waals surface area contributed by atoms with Gasteiger partial charge in [0.1, 0.15) is 30.0 Å². The van der Waals surface area contributed by atoms with E-state index in [0.717, 1.165) is 23.3 Å². The van der Waals surface area contributed by atoms with Crippen LogP contribution in [0.2, 0.25) is 0 Å². The summed E-state index contributed by atoms with van der Waals surface area (Å²) in [5, 5.41) is 0. The second kappa shape index (κ2) is 15.2. The van der Waals surface area contributed by atoms with Crippen molar-refractivity contribution >= 4 is 27.7 Å². The third-order valence-corrected chi connectivity index (χ3v) is 9.10. The van der Waals surface area contributed by atoms with E-state index in [0.29, 0.717) is 23.3 Å². The second-order valence-electron chi connectivity index (χ2n) is 11.6. The Labute approximate surface area is 287 Å². The lowest BCUT2D eigenvalue weighted by molar-refractivity contribution is -0.147. The van der Waals surface area contributed by atoms with E-state index in [1.807, 2.05) is 48.5 Å². The average molecular weight is 712 g/mol. The Hall–Kier alpha value is -5.17. The predicted octanol–water partition coefficient (Wildman–Crippen LogP) is 8.15. The van der Waals surface area contributed by atoms with Crippen molar-refractivity contribution in [3.63, 3.8) is 0 Å². The van der Waals surface area contributed by atoms with E-state index in [4.69, 9.17) is 9.47 Å². The molecule has 13 heteroatoms. The van der Waals surface area contributed by atoms with Gasteiger partial charge in [0.05, 0.1) is 12.0 Å². The van der Waals surface area contributed by atoms with E-state index in [1.165, 1.54) is 48.2 Å². The van der Waals surface area contributed by atoms with E-state index < -0.39 is 51.2 Å². The van der Waals surface area contributed by atoms with Gasteiger partial charge in [-0.15, -0.1) is 6.58 Å². The van der Waals surface area contributed by atoms with Crippen LogP contribution in [-0.4, -0.2) is 25.8 Å². The highest BCUT2D eigenvalue weighted by molar-refractivity contribution is 7.88. The first kappa shape index (κ1) is 36.1. The summed E-state index contributed by atoms with van der Waals surface area (Å²) in [6, 6.07) is 24.5. The average Bonchev–Trinajstić information content (AvgIpc) is 3.07. The van der Waals surface area contributed by atoms with Crippen LogP contribution in [0.4, 0.5) is 23.2 Å². The molecule has 5 rings (SSSR count). The summed E-state index contributed by atoms with van der Waals surface area (Å²) in [6.07, 6.45) is 1.95. The van der Waals surface area contributed by atoms with Gasteiger partial charge < -0.3 is 18.6 Å². The molecule has 0 saturated carbocycles. The zero-order valence-corrected chi connectivity index (χ0v) is 27.6. The van der Waals surface area contributed by atoms with E-state index in [-0.39, 0.29) is 31.0 Å². The molecule has 1 aliphatic heterocycles. The SMILES string of the molecule is C=CCc1ccc([C@@H]2[C@@H](CCC(OC(C)=O)c3ccc(F)cc3)C(=O)N2c2ccc(OS(=O)(=O)C(F)(F)F)cc2)c(OCc2ccccc2)c1. The molecule has 0 radical (unpaired) electrons. The third kappa shape index (κ3) is 8.33. The highest BCUT2D eigenvalue weighted by Gasteiger charge is 2.50. The van der Waals surface area contributed by atoms with Crippen molar-refractivity contribution in [2.75, 3.05) is 4.90 Å². The van der Waals surface area contributed by atoms with Crippen LogP contribution in [0.15, 0.2) is 110 Å². The van der Waals surface area contributed by atoms with Gasteiger partial charge in [-0.05, 0) is 78.4 Å². The van der Waals surface area contributed by atoms with Gasteiger partial charge >= 0.3 is 21.6 Å². The maximum Gasteiger partial charge on any atom is 0.534 e. The molecule has 4 aromatic carbocycles. The lowest BCUT2D eigenvalue weighted by Gasteiger charge is -2.48. The molecule has 1 aliphatic rings. The zero-order valence-electron chi connectivity index (χ0n) is 26.8. The lowest BCUT2D eigenvalue weighted by atomic mass is 9.77. The first-order valence-electron chi connectivity index (χ1n) is 15.5. The number of alkyl halides is 3. The van der Waals surface area contributed by atoms with Crippen LogP contribution in [0.3, 0.4) is 0 Å². The minimum absolute atomic E-state index is 0.211. The van der Waals surface area contributed by atoms with Gasteiger partial charge in [-0.3, -0.25) is 9.59 Å². The topological polar surface area (TPSA) is 99.2 Å². The zero-order chi connectivity index (χ0) is 36.1. The van der Waals surface area contributed by atoms with Gasteiger partial charge in [0, 0.05) is 18.2 Å². The summed E-state index contributed by atoms with van der Waals surface area (Å²) < 4.78 is 91.6. The molecule has 8 nitrogen and oxygen atoms in total. The number of esters is 1. The van der Waals surface area contributed by atoms with Gasteiger partial charge in [-0.1, -0.05) is 60.7 Å². The maximum atomic E-state index is 13.9. The normalized spacial score (nSPS) is 16.7. The maximum absolute atomic E-state index is 13.9. The molecule has 50 heavy (non-hydrogen) atoms. The molecular formula is C37H33F4NO7S. The Balaban J connectivity index is 1.50. The van der Waals surface area contributed by atoms with Gasteiger partial charge in [0.25, 0.3) is 0 Å². The molecule has 1 unspecified atom stereocenters. The molecule has 3 atom stereocenters. The fourth-order valence-corrected chi connectivity index (χ4v) is 6.25. The number of hydrogen-bond donors (Lipinski definition) is 0. The van der Waals surface area contributed by atoms with Gasteiger partial charge in [-0.25, -0.2) is 4.39 Å². The summed E-state index contributed by atoms with van der Waals surface area (Å²) in [5.41, 5.74) is -2.36. The second-order valence-corrected chi connectivity index (χ2v) is 13.1. The quantitative estimate of drug-likeness (QED) is 0.0325. The lowest BCUT2D eigenvalue weighted by Crippen LogP contribution is -2.55. The molecule has 1 saturated heterocycles. The molecular weight excluding hydrogens is 678 g/mol. The van der Waals surface area contributed by atoms with Gasteiger partial charge in [0.2, 0.25) is 5.91 Å². The molecule has 0 aromatic heterocycles. The van der Waals surface area contributed by atoms with Gasteiger partial charge in [0.15, 0.2) is 0 Å². The summed E-state index contributed by atoms with van der Waals surface area (Å²) in [6.45, 7) is 5.28. The highest BCUT2D eigenvalue weighted by atomic mass is 32.2. The number of rotatable bonds is 14. The number of nitrogens with zero attached hydrogens (tertiary/aromatic N) is 1. The molecule has 1 amide bonds. The van der Waals surface area contributed by atoms with Crippen molar-refractivity contribution in [3.05, 3.63) is 138 Å². The van der Waals surface area contributed by atoms with Crippen LogP contribution in [0.25, 0.3) is 0 Å². The number of benzene rings is 4. The van der Waals surface area contributed by atoms with Crippen LogP contribution in [0, 0.1) is 11.7 Å². The predicted molar refractivity (Wildman–Crippen MR) is 177 cm³/mol. The first-order valence-corrected chi connectivity index (χ1v) is 16.9. The summed E-state index contributed by atoms with van der Waals surface area (Å²) >= 11 is 0. The molecule has 0 spiro atoms. The van der Waals surface area contributed by atoms with Crippen LogP contribution < -0.4 is 13.8 Å². The largest absolute Gasteiger partial charge is 0.534 e. The van der Waals surface area contributed by atoms with Crippen molar-refractivity contribution in [1.29, 1.82) is 0 Å². The molecule has 0 aliphatic carbocycles. The molecule has 0 bridgehead atoms. The Kier molecular flexibility index (Phi) is 11.0. The number of carbonyl (C=O) groups is 2. The van der Waals surface area contributed by atoms with E-state index in [1.54, 1.807) is 6.08 Å². The first-order chi connectivity index (χ1) is 23.8. The number of allylic oxidation sites excluding steroid dienone is 1. The van der Waals surface area contributed by atoms with Crippen LogP contribution in [-0.2, 0) is 37.5 Å². The minimum atomic E-state index is -5.90. The van der Waals surface area contributed by atoms with Crippen molar-refractivity contribution in [1.82, 2.24) is 0 Å². The van der Waals surface area contributed by atoms with Gasteiger partial charge in [-0.2, -0.15) is 21.6 Å². The van der Waals surface area contributed by atoms with Crippen molar-refractivity contribution in [2.45, 2.75) is 50.4 Å². The van der Waals surface area contributed by atoms with Crippen molar-refractivity contribution in [2.24, 2.45) is 5.92 Å². The third-order valence-electron chi connectivity index (χ3n) is 8.12. The van der Waals surface area contributed by atoms with Crippen molar-refractivity contribution in [3.8, 4) is 11.5 Å². The number of anilines is 1. The molecule has 1 fully saturated rings. The monoisotopic (exact) mass is 711 g/mol. The molecule has 0 N–H and O–H groups in total. The van der Waals surface area contributed by atoms with Crippen molar-refractivity contribution < 1.29 is 49.2 Å². The Bertz CT molecular complexity index is 1930. The smallest absolute Gasteiger partial charge is 0.489 e. The van der Waals surface area contributed by atoms with Crippen LogP contribution in [0.5, 0.6) is 11.5 Å². The number of hydrogen-bond acceptors (Lipinski definition) is 7. The Morgan fingerprint density at radius 1 is 0.960 bits per heavy atom. The number of β-lactam (4-membered cyclic amide) rings is 1. The number of ether oxygens (including phenoxy) is 2. The van der Waals surface area contributed by atoms with Crippen LogP contribution in [0.1, 0.15) is 54.2 Å². The fourth-order valence-electron chi connectivity index (χ4n) is 5.79. The number of amides is 1. The number of halogens is 4. The highest BCUT2D eigenvalue weighted by Crippen LogP contribution is 2.49. The standard InChI is InChI=1S/C37H33F4NO7S/c1-3-7-25-10-19-31(34(22-25)47-23-26-8-5-4-6-9-26)35-32(20-21-33(48-24(2)43)27-11-13-28(38)14-12-27)36(44)42(35)29-15-17-30(18-16-29)49-50(45,46)37(39,40)41/h3-6,8-19,22,32-33,35H,1,7,20-21,23H2,2H3/t32-,33?,35-/m1/s1. The van der Waals surface area contributed by atoms with E-state index >= 15 is 0 Å². The summed E-state index contributed by atoms with van der Waals surface area (Å²) in [7, 11) is -5.90. The molecule has 4 aromatic rings. The Morgan fingerprint density at radius 2 is 1.64 bits per heavy atom. The Morgan fingerprint density at radius 3 is 2.26 bits per heavy atom. The van der Waals surface area contributed by atoms with E-state index in [2.05, 4.69) is 10.8 Å². The minimum Gasteiger partial charge on any atom is -0.489 e. The molecule has 1 heterocycles. The number of carbonyl (C=O) groups excluding carboxylic acids is 2.